The van der Waals surface area contributed by atoms with Crippen molar-refractivity contribution in [3.8, 4) is 11.5 Å². The zero-order valence-corrected chi connectivity index (χ0v) is 14.5. The van der Waals surface area contributed by atoms with E-state index in [0.29, 0.717) is 24.7 Å². The van der Waals surface area contributed by atoms with Crippen LogP contribution in [0, 0.1) is 5.92 Å². The average Bonchev–Trinajstić information content (AvgIpc) is 2.93. The number of ether oxygens (including phenoxy) is 2. The number of rotatable bonds is 5. The van der Waals surface area contributed by atoms with Crippen LogP contribution >= 0.6 is 0 Å². The van der Waals surface area contributed by atoms with Crippen LogP contribution in [-0.2, 0) is 11.8 Å². The van der Waals surface area contributed by atoms with Crippen LogP contribution in [-0.4, -0.2) is 29.4 Å². The zero-order valence-electron chi connectivity index (χ0n) is 14.5. The molecule has 0 radical (unpaired) electrons. The van der Waals surface area contributed by atoms with E-state index in [-0.39, 0.29) is 11.8 Å². The Morgan fingerprint density at radius 2 is 2.17 bits per heavy atom. The number of fused-ring (bicyclic) bond motifs is 1. The molecule has 24 heavy (non-hydrogen) atoms. The molecule has 1 N–H and O–H groups in total. The van der Waals surface area contributed by atoms with Crippen LogP contribution < -0.4 is 14.8 Å². The first-order valence-electron chi connectivity index (χ1n) is 8.12. The van der Waals surface area contributed by atoms with E-state index in [2.05, 4.69) is 24.3 Å². The van der Waals surface area contributed by atoms with E-state index in [1.54, 1.807) is 11.8 Å². The Bertz CT molecular complexity index is 752. The fraction of sp³-hybridized carbons (Fsp3) is 0.444. The highest BCUT2D eigenvalue weighted by atomic mass is 16.5. The number of benzene rings is 1. The van der Waals surface area contributed by atoms with Crippen molar-refractivity contribution < 1.29 is 14.3 Å². The number of hydrogen-bond acceptors (Lipinski definition) is 4. The molecule has 0 saturated carbocycles. The molecule has 128 valence electrons. The zero-order chi connectivity index (χ0) is 17.3. The van der Waals surface area contributed by atoms with Crippen molar-refractivity contribution in [1.29, 1.82) is 0 Å². The summed E-state index contributed by atoms with van der Waals surface area (Å²) in [6.45, 7) is 4.84. The normalized spacial score (nSPS) is 16.7. The molecule has 0 spiro atoms. The van der Waals surface area contributed by atoms with Gasteiger partial charge in [0, 0.05) is 24.9 Å². The predicted molar refractivity (Wildman–Crippen MR) is 91.6 cm³/mol. The Kier molecular flexibility index (Phi) is 4.46. The summed E-state index contributed by atoms with van der Waals surface area (Å²) in [5.41, 5.74) is 2.04. The molecule has 3 rings (SSSR count). The van der Waals surface area contributed by atoms with Gasteiger partial charge in [0.15, 0.2) is 11.5 Å². The lowest BCUT2D eigenvalue weighted by atomic mass is 9.87. The molecule has 0 unspecified atom stereocenters. The molecule has 1 aliphatic heterocycles. The Morgan fingerprint density at radius 1 is 1.38 bits per heavy atom. The van der Waals surface area contributed by atoms with E-state index in [4.69, 9.17) is 9.47 Å². The van der Waals surface area contributed by atoms with Crippen molar-refractivity contribution in [1.82, 2.24) is 9.78 Å². The van der Waals surface area contributed by atoms with Crippen LogP contribution in [0.15, 0.2) is 24.4 Å². The first-order chi connectivity index (χ1) is 11.5. The highest BCUT2D eigenvalue weighted by molar-refractivity contribution is 5.94. The summed E-state index contributed by atoms with van der Waals surface area (Å²) in [7, 11) is 3.45. The molecular weight excluding hydrogens is 306 g/mol. The summed E-state index contributed by atoms with van der Waals surface area (Å²) in [5, 5.41) is 7.15. The molecule has 1 aromatic carbocycles. The minimum Gasteiger partial charge on any atom is -0.493 e. The predicted octanol–water partition coefficient (Wildman–Crippen LogP) is 2.94. The van der Waals surface area contributed by atoms with E-state index < -0.39 is 0 Å². The molecule has 6 nitrogen and oxygen atoms in total. The Balaban J connectivity index is 1.93. The van der Waals surface area contributed by atoms with Crippen LogP contribution in [0.2, 0.25) is 0 Å². The van der Waals surface area contributed by atoms with Gasteiger partial charge in [-0.1, -0.05) is 19.9 Å². The number of carbonyl (C=O) groups is 1. The molecule has 1 amide bonds. The number of nitrogens with one attached hydrogen (secondary N) is 1. The van der Waals surface area contributed by atoms with Gasteiger partial charge in [-0.2, -0.15) is 5.10 Å². The maximum atomic E-state index is 12.1. The average molecular weight is 329 g/mol. The summed E-state index contributed by atoms with van der Waals surface area (Å²) in [4.78, 5) is 12.1. The van der Waals surface area contributed by atoms with E-state index in [1.165, 1.54) is 0 Å². The SMILES string of the molecule is COc1cc([C@@H]2CC(=O)Nc3c2cnn3C)ccc1OCC(C)C. The minimum absolute atomic E-state index is 0.00444. The van der Waals surface area contributed by atoms with Crippen molar-refractivity contribution in [2.75, 3.05) is 19.0 Å². The number of nitrogens with zero attached hydrogens (tertiary/aromatic N) is 2. The van der Waals surface area contributed by atoms with E-state index in [9.17, 15) is 4.79 Å². The number of aromatic nitrogens is 2. The maximum absolute atomic E-state index is 12.1. The van der Waals surface area contributed by atoms with Gasteiger partial charge in [0.1, 0.15) is 5.82 Å². The fourth-order valence-electron chi connectivity index (χ4n) is 2.92. The Morgan fingerprint density at radius 3 is 2.88 bits per heavy atom. The molecular formula is C18H23N3O3. The van der Waals surface area contributed by atoms with E-state index in [1.807, 2.05) is 31.4 Å². The largest absolute Gasteiger partial charge is 0.493 e. The second kappa shape index (κ2) is 6.55. The monoisotopic (exact) mass is 329 g/mol. The molecule has 0 bridgehead atoms. The quantitative estimate of drug-likeness (QED) is 0.916. The number of hydrogen-bond donors (Lipinski definition) is 1. The second-order valence-electron chi connectivity index (χ2n) is 6.49. The molecule has 2 heterocycles. The highest BCUT2D eigenvalue weighted by Crippen LogP contribution is 2.39. The Hall–Kier alpha value is -2.50. The van der Waals surface area contributed by atoms with Gasteiger partial charge >= 0.3 is 0 Å². The van der Waals surface area contributed by atoms with E-state index in [0.717, 1.165) is 22.7 Å². The van der Waals surface area contributed by atoms with Crippen LogP contribution in [0.1, 0.15) is 37.3 Å². The molecule has 1 aromatic heterocycles. The Labute approximate surface area is 141 Å². The third-order valence-corrected chi connectivity index (χ3v) is 4.15. The van der Waals surface area contributed by atoms with Gasteiger partial charge in [0.05, 0.1) is 19.9 Å². The molecule has 2 aromatic rings. The number of anilines is 1. The van der Waals surface area contributed by atoms with Crippen LogP contribution in [0.25, 0.3) is 0 Å². The van der Waals surface area contributed by atoms with Gasteiger partial charge in [-0.25, -0.2) is 0 Å². The van der Waals surface area contributed by atoms with Gasteiger partial charge in [-0.05, 0) is 23.6 Å². The smallest absolute Gasteiger partial charge is 0.226 e. The lowest BCUT2D eigenvalue weighted by molar-refractivity contribution is -0.116. The van der Waals surface area contributed by atoms with Crippen LogP contribution in [0.4, 0.5) is 5.82 Å². The number of amides is 1. The minimum atomic E-state index is -0.0319. The van der Waals surface area contributed by atoms with Crippen LogP contribution in [0.3, 0.4) is 0 Å². The molecule has 0 aliphatic carbocycles. The molecule has 1 aliphatic rings. The van der Waals surface area contributed by atoms with E-state index >= 15 is 0 Å². The summed E-state index contributed by atoms with van der Waals surface area (Å²) in [6, 6.07) is 5.87. The lowest BCUT2D eigenvalue weighted by Gasteiger charge is -2.24. The summed E-state index contributed by atoms with van der Waals surface area (Å²) < 4.78 is 13.0. The number of methoxy groups -OCH3 is 1. The van der Waals surface area contributed by atoms with Gasteiger partial charge < -0.3 is 14.8 Å². The van der Waals surface area contributed by atoms with Crippen molar-refractivity contribution >= 4 is 11.7 Å². The first kappa shape index (κ1) is 16.4. The lowest BCUT2D eigenvalue weighted by Crippen LogP contribution is -2.24. The van der Waals surface area contributed by atoms with Crippen molar-refractivity contribution in [3.05, 3.63) is 35.5 Å². The number of aryl methyl sites for hydroxylation is 1. The van der Waals surface area contributed by atoms with Crippen LogP contribution in [0.5, 0.6) is 11.5 Å². The summed E-state index contributed by atoms with van der Waals surface area (Å²) in [6.07, 6.45) is 2.21. The molecule has 0 fully saturated rings. The van der Waals surface area contributed by atoms with Gasteiger partial charge in [-0.3, -0.25) is 9.48 Å². The van der Waals surface area contributed by atoms with Crippen molar-refractivity contribution in [3.63, 3.8) is 0 Å². The maximum Gasteiger partial charge on any atom is 0.226 e. The van der Waals surface area contributed by atoms with Gasteiger partial charge in [-0.15, -0.1) is 0 Å². The number of carbonyl (C=O) groups excluding carboxylic acids is 1. The summed E-state index contributed by atoms with van der Waals surface area (Å²) >= 11 is 0. The summed E-state index contributed by atoms with van der Waals surface area (Å²) in [5.74, 6) is 2.57. The fourth-order valence-corrected chi connectivity index (χ4v) is 2.92. The highest BCUT2D eigenvalue weighted by Gasteiger charge is 2.29. The third-order valence-electron chi connectivity index (χ3n) is 4.15. The molecule has 6 heteroatoms. The third kappa shape index (κ3) is 3.09. The van der Waals surface area contributed by atoms with Crippen molar-refractivity contribution in [2.45, 2.75) is 26.2 Å². The van der Waals surface area contributed by atoms with Gasteiger partial charge in [0.25, 0.3) is 0 Å². The molecule has 0 saturated heterocycles. The van der Waals surface area contributed by atoms with Crippen molar-refractivity contribution in [2.24, 2.45) is 13.0 Å². The standard InChI is InChI=1S/C18H23N3O3/c1-11(2)10-24-15-6-5-12(7-16(15)23-4)13-8-17(22)20-18-14(13)9-19-21(18)3/h5-7,9,11,13H,8,10H2,1-4H3,(H,20,22)/t13-/m0/s1. The second-order valence-corrected chi connectivity index (χ2v) is 6.49. The molecule has 1 atom stereocenters. The van der Waals surface area contributed by atoms with Gasteiger partial charge in [0.2, 0.25) is 5.91 Å². The topological polar surface area (TPSA) is 65.4 Å². The first-order valence-corrected chi connectivity index (χ1v) is 8.12.